The molecule has 0 unspecified atom stereocenters. The Labute approximate surface area is 121 Å². The van der Waals surface area contributed by atoms with Crippen LogP contribution in [0.1, 0.15) is 13.8 Å². The van der Waals surface area contributed by atoms with Crippen LogP contribution in [-0.4, -0.2) is 38.2 Å². The Morgan fingerprint density at radius 1 is 1.00 bits per heavy atom. The van der Waals surface area contributed by atoms with Gasteiger partial charge in [-0.3, -0.25) is 0 Å². The fourth-order valence-electron chi connectivity index (χ4n) is 2.49. The predicted molar refractivity (Wildman–Crippen MR) is 86.8 cm³/mol. The van der Waals surface area contributed by atoms with E-state index in [9.17, 15) is 0 Å². The van der Waals surface area contributed by atoms with Gasteiger partial charge in [0.25, 0.3) is 0 Å². The van der Waals surface area contributed by atoms with Crippen LogP contribution in [-0.2, 0) is 0 Å². The number of nitrogens with zero attached hydrogens (tertiary/aromatic N) is 1. The third-order valence-corrected chi connectivity index (χ3v) is 3.74. The molecule has 0 fully saturated rings. The van der Waals surface area contributed by atoms with E-state index < -0.39 is 0 Å². The van der Waals surface area contributed by atoms with Crippen molar-refractivity contribution in [3.05, 3.63) is 36.4 Å². The van der Waals surface area contributed by atoms with E-state index in [-0.39, 0.29) is 0 Å². The van der Waals surface area contributed by atoms with Crippen LogP contribution >= 0.6 is 0 Å². The molecule has 108 valence electrons. The predicted octanol–water partition coefficient (Wildman–Crippen LogP) is 3.60. The van der Waals surface area contributed by atoms with Crippen LogP contribution in [0.2, 0.25) is 0 Å². The largest absolute Gasteiger partial charge is 0.496 e. The molecule has 0 aliphatic rings. The third-order valence-electron chi connectivity index (χ3n) is 3.74. The molecule has 0 radical (unpaired) electrons. The second-order valence-electron chi connectivity index (χ2n) is 4.81. The first kappa shape index (κ1) is 14.7. The Kier molecular flexibility index (Phi) is 5.24. The zero-order valence-corrected chi connectivity index (χ0v) is 12.6. The molecule has 2 rings (SSSR count). The average Bonchev–Trinajstić information content (AvgIpc) is 2.51. The number of hydrogen-bond donors (Lipinski definition) is 1. The molecular weight excluding hydrogens is 248 g/mol. The molecule has 2 aromatic rings. The van der Waals surface area contributed by atoms with Crippen molar-refractivity contribution in [2.45, 2.75) is 13.8 Å². The van der Waals surface area contributed by atoms with Crippen LogP contribution < -0.4 is 10.1 Å². The minimum atomic E-state index is 0.926. The number of rotatable bonds is 7. The average molecular weight is 272 g/mol. The lowest BCUT2D eigenvalue weighted by Gasteiger charge is -2.19. The molecule has 20 heavy (non-hydrogen) atoms. The third kappa shape index (κ3) is 3.23. The molecular formula is C17H24N2O. The van der Waals surface area contributed by atoms with Gasteiger partial charge in [0.05, 0.1) is 7.11 Å². The van der Waals surface area contributed by atoms with E-state index >= 15 is 0 Å². The normalized spacial score (nSPS) is 11.0. The number of hydrogen-bond acceptors (Lipinski definition) is 3. The van der Waals surface area contributed by atoms with Gasteiger partial charge in [-0.2, -0.15) is 0 Å². The minimum Gasteiger partial charge on any atom is -0.496 e. The summed E-state index contributed by atoms with van der Waals surface area (Å²) in [5.41, 5.74) is 1.17. The summed E-state index contributed by atoms with van der Waals surface area (Å²) >= 11 is 0. The van der Waals surface area contributed by atoms with E-state index in [1.807, 2.05) is 12.1 Å². The zero-order valence-electron chi connectivity index (χ0n) is 12.6. The van der Waals surface area contributed by atoms with Gasteiger partial charge >= 0.3 is 0 Å². The monoisotopic (exact) mass is 272 g/mol. The molecule has 0 aliphatic carbocycles. The molecule has 0 heterocycles. The Balaban J connectivity index is 2.15. The van der Waals surface area contributed by atoms with Crippen LogP contribution in [0.5, 0.6) is 5.75 Å². The van der Waals surface area contributed by atoms with Gasteiger partial charge < -0.3 is 15.0 Å². The Morgan fingerprint density at radius 3 is 2.35 bits per heavy atom. The lowest BCUT2D eigenvalue weighted by Crippen LogP contribution is -2.28. The molecule has 0 aliphatic heterocycles. The van der Waals surface area contributed by atoms with Crippen molar-refractivity contribution in [1.29, 1.82) is 0 Å². The topological polar surface area (TPSA) is 24.5 Å². The lowest BCUT2D eigenvalue weighted by atomic mass is 10.1. The summed E-state index contributed by atoms with van der Waals surface area (Å²) in [5, 5.41) is 5.91. The van der Waals surface area contributed by atoms with Crippen LogP contribution in [0.15, 0.2) is 36.4 Å². The summed E-state index contributed by atoms with van der Waals surface area (Å²) in [4.78, 5) is 2.42. The first-order valence-electron chi connectivity index (χ1n) is 7.32. The van der Waals surface area contributed by atoms with Crippen molar-refractivity contribution in [2.75, 3.05) is 38.6 Å². The first-order chi connectivity index (χ1) is 9.80. The van der Waals surface area contributed by atoms with Gasteiger partial charge in [0, 0.05) is 29.5 Å². The molecule has 3 heteroatoms. The minimum absolute atomic E-state index is 0.926. The summed E-state index contributed by atoms with van der Waals surface area (Å²) in [6.07, 6.45) is 0. The number of likely N-dealkylation sites (N-methyl/N-ethyl adjacent to an activating group) is 1. The molecule has 0 atom stereocenters. The Morgan fingerprint density at radius 2 is 1.70 bits per heavy atom. The number of nitrogens with one attached hydrogen (secondary N) is 1. The van der Waals surface area contributed by atoms with E-state index in [1.54, 1.807) is 7.11 Å². The summed E-state index contributed by atoms with van der Waals surface area (Å²) in [5.74, 6) is 0.926. The fraction of sp³-hybridized carbons (Fsp3) is 0.412. The van der Waals surface area contributed by atoms with Gasteiger partial charge in [-0.15, -0.1) is 0 Å². The maximum Gasteiger partial charge on any atom is 0.126 e. The van der Waals surface area contributed by atoms with E-state index in [1.165, 1.54) is 11.1 Å². The van der Waals surface area contributed by atoms with Crippen molar-refractivity contribution in [1.82, 2.24) is 4.90 Å². The highest BCUT2D eigenvalue weighted by Gasteiger charge is 2.06. The zero-order chi connectivity index (χ0) is 14.4. The van der Waals surface area contributed by atoms with E-state index in [4.69, 9.17) is 4.74 Å². The van der Waals surface area contributed by atoms with Gasteiger partial charge in [0.15, 0.2) is 0 Å². The Bertz CT molecular complexity index is 550. The molecule has 0 amide bonds. The summed E-state index contributed by atoms with van der Waals surface area (Å²) in [6.45, 7) is 8.62. The van der Waals surface area contributed by atoms with Crippen molar-refractivity contribution >= 4 is 16.5 Å². The number of ether oxygens (including phenoxy) is 1. The smallest absolute Gasteiger partial charge is 0.126 e. The first-order valence-corrected chi connectivity index (χ1v) is 7.32. The molecule has 0 aromatic heterocycles. The number of methoxy groups -OCH3 is 1. The van der Waals surface area contributed by atoms with Gasteiger partial charge in [-0.1, -0.05) is 38.1 Å². The number of anilines is 1. The maximum absolute atomic E-state index is 5.42. The SMILES string of the molecule is CCN(CC)CCNc1ccc(OC)c2ccccc12. The standard InChI is InChI=1S/C17H24N2O/c1-4-19(5-2)13-12-18-16-10-11-17(20-3)15-9-7-6-8-14(15)16/h6-11,18H,4-5,12-13H2,1-3H3. The van der Waals surface area contributed by atoms with Gasteiger partial charge in [-0.05, 0) is 25.2 Å². The molecule has 1 N–H and O–H groups in total. The van der Waals surface area contributed by atoms with Crippen LogP contribution in [0.25, 0.3) is 10.8 Å². The second-order valence-corrected chi connectivity index (χ2v) is 4.81. The fourth-order valence-corrected chi connectivity index (χ4v) is 2.49. The summed E-state index contributed by atoms with van der Waals surface area (Å²) in [6, 6.07) is 12.5. The second kappa shape index (κ2) is 7.15. The molecule has 2 aromatic carbocycles. The highest BCUT2D eigenvalue weighted by Crippen LogP contribution is 2.31. The van der Waals surface area contributed by atoms with Gasteiger partial charge in [-0.25, -0.2) is 0 Å². The van der Waals surface area contributed by atoms with Crippen LogP contribution in [0.3, 0.4) is 0 Å². The lowest BCUT2D eigenvalue weighted by molar-refractivity contribution is 0.316. The highest BCUT2D eigenvalue weighted by atomic mass is 16.5. The van der Waals surface area contributed by atoms with E-state index in [2.05, 4.69) is 48.3 Å². The van der Waals surface area contributed by atoms with E-state index in [0.717, 1.165) is 37.3 Å². The molecule has 0 saturated heterocycles. The van der Waals surface area contributed by atoms with Gasteiger partial charge in [0.1, 0.15) is 5.75 Å². The van der Waals surface area contributed by atoms with Crippen LogP contribution in [0, 0.1) is 0 Å². The quantitative estimate of drug-likeness (QED) is 0.833. The number of benzene rings is 2. The van der Waals surface area contributed by atoms with E-state index in [0.29, 0.717) is 0 Å². The molecule has 0 bridgehead atoms. The van der Waals surface area contributed by atoms with Crippen molar-refractivity contribution in [2.24, 2.45) is 0 Å². The van der Waals surface area contributed by atoms with Crippen molar-refractivity contribution in [3.8, 4) is 5.75 Å². The molecule has 3 nitrogen and oxygen atoms in total. The van der Waals surface area contributed by atoms with Crippen LogP contribution in [0.4, 0.5) is 5.69 Å². The summed E-state index contributed by atoms with van der Waals surface area (Å²) < 4.78 is 5.42. The highest BCUT2D eigenvalue weighted by molar-refractivity contribution is 5.97. The molecule has 0 spiro atoms. The Hall–Kier alpha value is -1.74. The molecule has 0 saturated carbocycles. The maximum atomic E-state index is 5.42. The van der Waals surface area contributed by atoms with Gasteiger partial charge in [0.2, 0.25) is 0 Å². The van der Waals surface area contributed by atoms with Crippen molar-refractivity contribution < 1.29 is 4.74 Å². The number of fused-ring (bicyclic) bond motifs is 1. The summed E-state index contributed by atoms with van der Waals surface area (Å²) in [7, 11) is 1.72. The van der Waals surface area contributed by atoms with Crippen molar-refractivity contribution in [3.63, 3.8) is 0 Å².